The maximum absolute atomic E-state index is 12.8. The second kappa shape index (κ2) is 8.89. The first-order chi connectivity index (χ1) is 13.5. The largest absolute Gasteiger partial charge is 0.496 e. The molecular formula is C22H23N3O2S. The van der Waals surface area contributed by atoms with E-state index in [0.717, 1.165) is 32.5 Å². The van der Waals surface area contributed by atoms with Crippen LogP contribution in [0.4, 0.5) is 0 Å². The van der Waals surface area contributed by atoms with Crippen molar-refractivity contribution in [1.29, 1.82) is 0 Å². The molecule has 0 fully saturated rings. The highest BCUT2D eigenvalue weighted by Crippen LogP contribution is 2.27. The quantitative estimate of drug-likeness (QED) is 0.616. The molecule has 2 heterocycles. The molecule has 0 saturated carbocycles. The normalized spacial score (nSPS) is 10.6. The van der Waals surface area contributed by atoms with Crippen LogP contribution < -0.4 is 4.74 Å². The summed E-state index contributed by atoms with van der Waals surface area (Å²) in [6, 6.07) is 13.4. The lowest BCUT2D eigenvalue weighted by Gasteiger charge is -2.19. The van der Waals surface area contributed by atoms with Crippen LogP contribution in [0.2, 0.25) is 0 Å². The molecule has 0 aliphatic heterocycles. The lowest BCUT2D eigenvalue weighted by atomic mass is 10.1. The minimum Gasteiger partial charge on any atom is -0.496 e. The SMILES string of the molecule is COc1c(C)cnc(CN(C)C(=O)c2ccc(Sc3ccccn3)cc2)c1C. The van der Waals surface area contributed by atoms with Crippen molar-refractivity contribution in [2.24, 2.45) is 0 Å². The van der Waals surface area contributed by atoms with Gasteiger partial charge in [-0.25, -0.2) is 4.98 Å². The van der Waals surface area contributed by atoms with E-state index < -0.39 is 0 Å². The highest BCUT2D eigenvalue weighted by Gasteiger charge is 2.16. The summed E-state index contributed by atoms with van der Waals surface area (Å²) in [6.45, 7) is 4.35. The van der Waals surface area contributed by atoms with Gasteiger partial charge in [0.2, 0.25) is 0 Å². The number of amides is 1. The number of ether oxygens (including phenoxy) is 1. The number of carbonyl (C=O) groups excluding carboxylic acids is 1. The van der Waals surface area contributed by atoms with Gasteiger partial charge in [0.05, 0.1) is 19.3 Å². The number of rotatable bonds is 6. The average Bonchev–Trinajstić information content (AvgIpc) is 2.71. The van der Waals surface area contributed by atoms with Gasteiger partial charge in [-0.05, 0) is 50.2 Å². The highest BCUT2D eigenvalue weighted by atomic mass is 32.2. The Morgan fingerprint density at radius 1 is 1.11 bits per heavy atom. The van der Waals surface area contributed by atoms with E-state index in [2.05, 4.69) is 9.97 Å². The van der Waals surface area contributed by atoms with Crippen LogP contribution in [-0.2, 0) is 6.54 Å². The predicted octanol–water partition coefficient (Wildman–Crippen LogP) is 4.53. The van der Waals surface area contributed by atoms with E-state index in [0.29, 0.717) is 12.1 Å². The summed E-state index contributed by atoms with van der Waals surface area (Å²) >= 11 is 1.57. The van der Waals surface area contributed by atoms with E-state index in [4.69, 9.17) is 4.74 Å². The predicted molar refractivity (Wildman–Crippen MR) is 111 cm³/mol. The molecule has 1 aromatic carbocycles. The smallest absolute Gasteiger partial charge is 0.253 e. The third-order valence-corrected chi connectivity index (χ3v) is 5.40. The van der Waals surface area contributed by atoms with Crippen molar-refractivity contribution in [2.75, 3.05) is 14.2 Å². The molecule has 0 spiro atoms. The molecule has 6 heteroatoms. The number of benzene rings is 1. The zero-order valence-electron chi connectivity index (χ0n) is 16.5. The monoisotopic (exact) mass is 393 g/mol. The molecule has 0 N–H and O–H groups in total. The van der Waals surface area contributed by atoms with Crippen LogP contribution in [0.15, 0.2) is 64.8 Å². The van der Waals surface area contributed by atoms with Gasteiger partial charge in [-0.15, -0.1) is 0 Å². The maximum atomic E-state index is 12.8. The summed E-state index contributed by atoms with van der Waals surface area (Å²) in [5, 5.41) is 0.925. The van der Waals surface area contributed by atoms with Gasteiger partial charge in [0.25, 0.3) is 5.91 Å². The van der Waals surface area contributed by atoms with Crippen LogP contribution in [0.3, 0.4) is 0 Å². The van der Waals surface area contributed by atoms with Crippen LogP contribution in [0.1, 0.15) is 27.2 Å². The Morgan fingerprint density at radius 3 is 2.50 bits per heavy atom. The Balaban J connectivity index is 1.70. The molecule has 0 bridgehead atoms. The van der Waals surface area contributed by atoms with Gasteiger partial charge in [0, 0.05) is 41.0 Å². The summed E-state index contributed by atoms with van der Waals surface area (Å²) in [7, 11) is 3.44. The highest BCUT2D eigenvalue weighted by molar-refractivity contribution is 7.99. The first-order valence-corrected chi connectivity index (χ1v) is 9.74. The van der Waals surface area contributed by atoms with Gasteiger partial charge in [-0.3, -0.25) is 9.78 Å². The number of carbonyl (C=O) groups is 1. The molecule has 0 aliphatic rings. The van der Waals surface area contributed by atoms with E-state index >= 15 is 0 Å². The van der Waals surface area contributed by atoms with Crippen LogP contribution >= 0.6 is 11.8 Å². The van der Waals surface area contributed by atoms with Crippen LogP contribution in [0.25, 0.3) is 0 Å². The summed E-state index contributed by atoms with van der Waals surface area (Å²) in [5.41, 5.74) is 3.42. The number of nitrogens with zero attached hydrogens (tertiary/aromatic N) is 3. The zero-order chi connectivity index (χ0) is 20.1. The number of hydrogen-bond acceptors (Lipinski definition) is 5. The molecule has 0 radical (unpaired) electrons. The van der Waals surface area contributed by atoms with E-state index in [1.807, 2.05) is 56.3 Å². The fraction of sp³-hybridized carbons (Fsp3) is 0.227. The third-order valence-electron chi connectivity index (χ3n) is 4.44. The Bertz CT molecular complexity index is 960. The molecular weight excluding hydrogens is 370 g/mol. The molecule has 2 aromatic heterocycles. The van der Waals surface area contributed by atoms with E-state index in [9.17, 15) is 4.79 Å². The van der Waals surface area contributed by atoms with Gasteiger partial charge in [0.15, 0.2) is 0 Å². The van der Waals surface area contributed by atoms with E-state index in [1.165, 1.54) is 0 Å². The first-order valence-electron chi connectivity index (χ1n) is 8.93. The topological polar surface area (TPSA) is 55.3 Å². The zero-order valence-corrected chi connectivity index (χ0v) is 17.3. The Morgan fingerprint density at radius 2 is 1.86 bits per heavy atom. The number of pyridine rings is 2. The first kappa shape index (κ1) is 19.9. The fourth-order valence-electron chi connectivity index (χ4n) is 2.94. The molecule has 3 rings (SSSR count). The van der Waals surface area contributed by atoms with Gasteiger partial charge >= 0.3 is 0 Å². The minimum atomic E-state index is -0.0462. The molecule has 144 valence electrons. The summed E-state index contributed by atoms with van der Waals surface area (Å²) in [4.78, 5) is 24.3. The van der Waals surface area contributed by atoms with E-state index in [-0.39, 0.29) is 5.91 Å². The standard InChI is InChI=1S/C22H23N3O2S/c1-15-13-24-19(16(2)21(15)27-4)14-25(3)22(26)17-8-10-18(11-9-17)28-20-7-5-6-12-23-20/h5-13H,14H2,1-4H3. The van der Waals surface area contributed by atoms with E-state index in [1.54, 1.807) is 43.2 Å². The number of hydrogen-bond donors (Lipinski definition) is 0. The van der Waals surface area contributed by atoms with Crippen molar-refractivity contribution < 1.29 is 9.53 Å². The Hall–Kier alpha value is -2.86. The summed E-state index contributed by atoms with van der Waals surface area (Å²) in [5.74, 6) is 0.775. The number of aromatic nitrogens is 2. The molecule has 0 saturated heterocycles. The lowest BCUT2D eigenvalue weighted by molar-refractivity contribution is 0.0783. The molecule has 28 heavy (non-hydrogen) atoms. The van der Waals surface area contributed by atoms with Crippen molar-refractivity contribution >= 4 is 17.7 Å². The second-order valence-electron chi connectivity index (χ2n) is 6.50. The van der Waals surface area contributed by atoms with Crippen molar-refractivity contribution in [3.63, 3.8) is 0 Å². The lowest BCUT2D eigenvalue weighted by Crippen LogP contribution is -2.27. The third kappa shape index (κ3) is 4.51. The molecule has 1 amide bonds. The molecule has 0 unspecified atom stereocenters. The van der Waals surface area contributed by atoms with Crippen molar-refractivity contribution in [3.8, 4) is 5.75 Å². The molecule has 0 atom stereocenters. The van der Waals surface area contributed by atoms with Gasteiger partial charge < -0.3 is 9.64 Å². The maximum Gasteiger partial charge on any atom is 0.253 e. The Labute approximate surface area is 169 Å². The Kier molecular flexibility index (Phi) is 6.31. The molecule has 0 aliphatic carbocycles. The molecule has 3 aromatic rings. The van der Waals surface area contributed by atoms with Crippen molar-refractivity contribution in [2.45, 2.75) is 30.3 Å². The van der Waals surface area contributed by atoms with Crippen LogP contribution in [0, 0.1) is 13.8 Å². The second-order valence-corrected chi connectivity index (χ2v) is 7.60. The summed E-state index contributed by atoms with van der Waals surface area (Å²) in [6.07, 6.45) is 3.55. The fourth-order valence-corrected chi connectivity index (χ4v) is 3.71. The van der Waals surface area contributed by atoms with Crippen molar-refractivity contribution in [1.82, 2.24) is 14.9 Å². The number of methoxy groups -OCH3 is 1. The van der Waals surface area contributed by atoms with Gasteiger partial charge in [-0.1, -0.05) is 17.8 Å². The number of aryl methyl sites for hydroxylation is 1. The van der Waals surface area contributed by atoms with Gasteiger partial charge in [-0.2, -0.15) is 0 Å². The van der Waals surface area contributed by atoms with Gasteiger partial charge in [0.1, 0.15) is 10.8 Å². The molecule has 5 nitrogen and oxygen atoms in total. The minimum absolute atomic E-state index is 0.0462. The van der Waals surface area contributed by atoms with Crippen molar-refractivity contribution in [3.05, 3.63) is 77.2 Å². The van der Waals surface area contributed by atoms with Crippen LogP contribution in [0.5, 0.6) is 5.75 Å². The summed E-state index contributed by atoms with van der Waals surface area (Å²) < 4.78 is 5.45. The van der Waals surface area contributed by atoms with Crippen LogP contribution in [-0.4, -0.2) is 34.9 Å². The average molecular weight is 394 g/mol.